The first-order chi connectivity index (χ1) is 14.5. The van der Waals surface area contributed by atoms with Gasteiger partial charge in [-0.15, -0.1) is 11.8 Å². The Hall–Kier alpha value is -2.87. The summed E-state index contributed by atoms with van der Waals surface area (Å²) in [6.45, 7) is -2.92. The zero-order valence-electron chi connectivity index (χ0n) is 16.2. The number of pyridine rings is 1. The molecule has 5 nitrogen and oxygen atoms in total. The van der Waals surface area contributed by atoms with E-state index >= 15 is 0 Å². The van der Waals surface area contributed by atoms with Crippen LogP contribution in [0.5, 0.6) is 11.5 Å². The number of hydrogen-bond donors (Lipinski definition) is 1. The molecule has 3 aromatic rings. The van der Waals surface area contributed by atoms with Crippen molar-refractivity contribution in [3.05, 3.63) is 59.7 Å². The van der Waals surface area contributed by atoms with Gasteiger partial charge in [0.1, 0.15) is 0 Å². The van der Waals surface area contributed by atoms with Crippen LogP contribution in [0, 0.1) is 0 Å². The molecule has 2 aromatic carbocycles. The molecule has 0 saturated heterocycles. The van der Waals surface area contributed by atoms with Crippen molar-refractivity contribution in [3.63, 3.8) is 0 Å². The second kappa shape index (κ2) is 8.87. The molecule has 0 radical (unpaired) electrons. The minimum absolute atomic E-state index is 0.0101. The number of ether oxygens (including phenoxy) is 2. The molecule has 1 heterocycles. The molecule has 1 N–H and O–H groups in total. The maximum Gasteiger partial charge on any atom is 0.387 e. The molecule has 4 rings (SSSR count). The maximum atomic E-state index is 12.7. The smallest absolute Gasteiger partial charge is 0.387 e. The molecular formula is C22H20F2N2O3S. The number of halogens is 2. The van der Waals surface area contributed by atoms with E-state index in [0.29, 0.717) is 16.3 Å². The average Bonchev–Trinajstić information content (AvgIpc) is 3.56. The first-order valence-corrected chi connectivity index (χ1v) is 10.5. The van der Waals surface area contributed by atoms with Crippen LogP contribution in [0.4, 0.5) is 8.78 Å². The summed E-state index contributed by atoms with van der Waals surface area (Å²) in [6, 6.07) is 14.4. The molecule has 1 fully saturated rings. The van der Waals surface area contributed by atoms with Gasteiger partial charge in [-0.3, -0.25) is 4.79 Å². The number of para-hydroxylation sites is 1. The fourth-order valence-corrected chi connectivity index (χ4v) is 3.91. The van der Waals surface area contributed by atoms with Crippen molar-refractivity contribution in [2.45, 2.75) is 36.3 Å². The molecule has 0 aliphatic heterocycles. The highest BCUT2D eigenvalue weighted by molar-refractivity contribution is 7.98. The lowest BCUT2D eigenvalue weighted by atomic mass is 10.1. The van der Waals surface area contributed by atoms with E-state index < -0.39 is 6.61 Å². The quantitative estimate of drug-likeness (QED) is 0.508. The van der Waals surface area contributed by atoms with Gasteiger partial charge >= 0.3 is 6.61 Å². The first-order valence-electron chi connectivity index (χ1n) is 9.48. The lowest BCUT2D eigenvalue weighted by Crippen LogP contribution is -2.25. The van der Waals surface area contributed by atoms with Crippen LogP contribution in [0.2, 0.25) is 0 Å². The third-order valence-corrected chi connectivity index (χ3v) is 5.66. The monoisotopic (exact) mass is 430 g/mol. The maximum absolute atomic E-state index is 12.7. The summed E-state index contributed by atoms with van der Waals surface area (Å²) in [5, 5.41) is 4.56. The van der Waals surface area contributed by atoms with Gasteiger partial charge in [-0.2, -0.15) is 8.78 Å². The second-order valence-electron chi connectivity index (χ2n) is 6.93. The molecule has 0 bridgehead atoms. The largest absolute Gasteiger partial charge is 0.493 e. The van der Waals surface area contributed by atoms with Crippen molar-refractivity contribution in [2.24, 2.45) is 0 Å². The third-order valence-electron chi connectivity index (χ3n) is 4.68. The molecular weight excluding hydrogens is 410 g/mol. The van der Waals surface area contributed by atoms with Crippen molar-refractivity contribution in [1.29, 1.82) is 0 Å². The fourth-order valence-electron chi connectivity index (χ4n) is 3.06. The van der Waals surface area contributed by atoms with Crippen LogP contribution in [0.3, 0.4) is 0 Å². The van der Waals surface area contributed by atoms with Crippen molar-refractivity contribution in [1.82, 2.24) is 10.3 Å². The van der Waals surface area contributed by atoms with Crippen molar-refractivity contribution >= 4 is 28.6 Å². The van der Waals surface area contributed by atoms with E-state index in [4.69, 9.17) is 4.74 Å². The number of aromatic nitrogens is 1. The van der Waals surface area contributed by atoms with Crippen LogP contribution in [0.25, 0.3) is 10.9 Å². The van der Waals surface area contributed by atoms with E-state index in [2.05, 4.69) is 15.0 Å². The van der Waals surface area contributed by atoms with E-state index in [1.54, 1.807) is 18.2 Å². The number of benzene rings is 2. The van der Waals surface area contributed by atoms with Crippen LogP contribution in [0.1, 0.15) is 28.8 Å². The predicted molar refractivity (Wildman–Crippen MR) is 111 cm³/mol. The van der Waals surface area contributed by atoms with Crippen LogP contribution in [-0.2, 0) is 5.75 Å². The Morgan fingerprint density at radius 3 is 2.73 bits per heavy atom. The van der Waals surface area contributed by atoms with Gasteiger partial charge < -0.3 is 14.8 Å². The Balaban J connectivity index is 1.56. The highest BCUT2D eigenvalue weighted by atomic mass is 32.2. The number of nitrogens with zero attached hydrogens (tertiary/aromatic N) is 1. The van der Waals surface area contributed by atoms with Crippen LogP contribution >= 0.6 is 11.8 Å². The van der Waals surface area contributed by atoms with Gasteiger partial charge in [0.15, 0.2) is 11.5 Å². The summed E-state index contributed by atoms with van der Waals surface area (Å²) in [6.07, 6.45) is 2.03. The van der Waals surface area contributed by atoms with E-state index in [9.17, 15) is 13.6 Å². The zero-order chi connectivity index (χ0) is 21.1. The number of rotatable bonds is 8. The van der Waals surface area contributed by atoms with Gasteiger partial charge in [0, 0.05) is 17.2 Å². The fraction of sp³-hybridized carbons (Fsp3) is 0.273. The number of amides is 1. The Labute approximate surface area is 176 Å². The Kier molecular flexibility index (Phi) is 6.03. The van der Waals surface area contributed by atoms with E-state index in [1.165, 1.54) is 24.9 Å². The molecule has 1 amide bonds. The van der Waals surface area contributed by atoms with Crippen molar-refractivity contribution in [3.8, 4) is 11.5 Å². The minimum atomic E-state index is -2.92. The van der Waals surface area contributed by atoms with E-state index in [1.807, 2.05) is 24.3 Å². The second-order valence-corrected chi connectivity index (χ2v) is 7.92. The summed E-state index contributed by atoms with van der Waals surface area (Å²) in [7, 11) is 1.40. The molecule has 0 spiro atoms. The molecule has 156 valence electrons. The number of hydrogen-bond acceptors (Lipinski definition) is 5. The highest BCUT2D eigenvalue weighted by Gasteiger charge is 2.25. The van der Waals surface area contributed by atoms with Crippen molar-refractivity contribution < 1.29 is 23.0 Å². The Morgan fingerprint density at radius 2 is 2.00 bits per heavy atom. The van der Waals surface area contributed by atoms with Gasteiger partial charge in [-0.05, 0) is 42.7 Å². The van der Waals surface area contributed by atoms with Crippen LogP contribution in [0.15, 0.2) is 53.6 Å². The van der Waals surface area contributed by atoms with Crippen LogP contribution < -0.4 is 14.8 Å². The molecule has 0 unspecified atom stereocenters. The molecule has 1 saturated carbocycles. The number of carbonyl (C=O) groups excluding carboxylic acids is 1. The average molecular weight is 430 g/mol. The zero-order valence-corrected chi connectivity index (χ0v) is 17.0. The molecule has 30 heavy (non-hydrogen) atoms. The summed E-state index contributed by atoms with van der Waals surface area (Å²) in [5.41, 5.74) is 2.22. The summed E-state index contributed by atoms with van der Waals surface area (Å²) < 4.78 is 34.6. The number of fused-ring (bicyclic) bond motifs is 1. The molecule has 1 aliphatic carbocycles. The Bertz CT molecular complexity index is 1070. The lowest BCUT2D eigenvalue weighted by molar-refractivity contribution is -0.0512. The number of thioether (sulfide) groups is 1. The number of alkyl halides is 2. The van der Waals surface area contributed by atoms with Crippen LogP contribution in [-0.4, -0.2) is 30.7 Å². The van der Waals surface area contributed by atoms with E-state index in [-0.39, 0.29) is 23.4 Å². The number of carbonyl (C=O) groups is 1. The third kappa shape index (κ3) is 4.81. The normalized spacial score (nSPS) is 13.5. The Morgan fingerprint density at radius 1 is 1.20 bits per heavy atom. The van der Waals surface area contributed by atoms with Gasteiger partial charge in [-0.1, -0.05) is 24.3 Å². The number of methoxy groups -OCH3 is 1. The highest BCUT2D eigenvalue weighted by Crippen LogP contribution is 2.33. The van der Waals surface area contributed by atoms with Gasteiger partial charge in [0.05, 0.1) is 23.2 Å². The topological polar surface area (TPSA) is 60.5 Å². The molecule has 1 aliphatic rings. The molecule has 0 atom stereocenters. The summed E-state index contributed by atoms with van der Waals surface area (Å²) >= 11 is 1.46. The molecule has 8 heteroatoms. The SMILES string of the molecule is COc1cc(CSc2cc(C(=O)NC3CC3)c3ccccc3n2)ccc1OC(F)F. The summed E-state index contributed by atoms with van der Waals surface area (Å²) in [5.74, 6) is 0.668. The number of nitrogens with one attached hydrogen (secondary N) is 1. The summed E-state index contributed by atoms with van der Waals surface area (Å²) in [4.78, 5) is 17.4. The lowest BCUT2D eigenvalue weighted by Gasteiger charge is -2.12. The van der Waals surface area contributed by atoms with Gasteiger partial charge in [0.2, 0.25) is 0 Å². The minimum Gasteiger partial charge on any atom is -0.493 e. The van der Waals surface area contributed by atoms with Gasteiger partial charge in [-0.25, -0.2) is 4.98 Å². The van der Waals surface area contributed by atoms with Gasteiger partial charge in [0.25, 0.3) is 5.91 Å². The molecule has 1 aromatic heterocycles. The standard InChI is InChI=1S/C22H20F2N2O3S/c1-28-19-10-13(6-9-18(19)29-22(23)24)12-30-20-11-16(21(27)25-14-7-8-14)15-4-2-3-5-17(15)26-20/h2-6,9-11,14,22H,7-8,12H2,1H3,(H,25,27). The van der Waals surface area contributed by atoms with E-state index in [0.717, 1.165) is 29.3 Å². The predicted octanol–water partition coefficient (Wildman–Crippen LogP) is 5.03. The first kappa shape index (κ1) is 20.4. The van der Waals surface area contributed by atoms with Crippen molar-refractivity contribution in [2.75, 3.05) is 7.11 Å².